The molecule has 6 heteroatoms. The van der Waals surface area contributed by atoms with Crippen molar-refractivity contribution in [2.75, 3.05) is 13.2 Å². The van der Waals surface area contributed by atoms with Gasteiger partial charge in [-0.1, -0.05) is 48.0 Å². The van der Waals surface area contributed by atoms with Gasteiger partial charge in [-0.3, -0.25) is 4.79 Å². The van der Waals surface area contributed by atoms with Gasteiger partial charge in [0, 0.05) is 23.5 Å². The summed E-state index contributed by atoms with van der Waals surface area (Å²) in [6, 6.07) is 7.75. The van der Waals surface area contributed by atoms with Crippen LogP contribution in [0.4, 0.5) is 4.79 Å². The van der Waals surface area contributed by atoms with E-state index in [4.69, 9.17) is 4.74 Å². The van der Waals surface area contributed by atoms with E-state index in [1.54, 1.807) is 6.92 Å². The lowest BCUT2D eigenvalue weighted by atomic mass is 10.0. The first-order valence-electron chi connectivity index (χ1n) is 8.35. The predicted molar refractivity (Wildman–Crippen MR) is 98.9 cm³/mol. The molecule has 0 radical (unpaired) electrons. The molecule has 0 aliphatic carbocycles. The van der Waals surface area contributed by atoms with E-state index in [1.165, 1.54) is 0 Å². The highest BCUT2D eigenvalue weighted by Crippen LogP contribution is 2.17. The fourth-order valence-corrected chi connectivity index (χ4v) is 2.86. The Balaban J connectivity index is 2.42. The van der Waals surface area contributed by atoms with Crippen LogP contribution in [0.25, 0.3) is 0 Å². The van der Waals surface area contributed by atoms with Crippen molar-refractivity contribution < 1.29 is 14.3 Å². The van der Waals surface area contributed by atoms with Gasteiger partial charge in [-0.25, -0.2) is 4.79 Å². The third-order valence-electron chi connectivity index (χ3n) is 3.48. The molecule has 0 saturated carbocycles. The van der Waals surface area contributed by atoms with Gasteiger partial charge in [0.1, 0.15) is 0 Å². The summed E-state index contributed by atoms with van der Waals surface area (Å²) in [6.45, 7) is 6.66. The van der Waals surface area contributed by atoms with Gasteiger partial charge >= 0.3 is 6.09 Å². The summed E-state index contributed by atoms with van der Waals surface area (Å²) in [5.74, 6) is 0.388. The molecule has 1 aromatic carbocycles. The molecule has 0 fully saturated rings. The van der Waals surface area contributed by atoms with Crippen molar-refractivity contribution in [3.63, 3.8) is 0 Å². The molecular formula is C18H27BrN2O3. The van der Waals surface area contributed by atoms with Crippen LogP contribution in [-0.4, -0.2) is 31.2 Å². The molecule has 0 saturated heterocycles. The first-order chi connectivity index (χ1) is 11.4. The Labute approximate surface area is 152 Å². The van der Waals surface area contributed by atoms with Crippen LogP contribution >= 0.6 is 15.9 Å². The lowest BCUT2D eigenvalue weighted by molar-refractivity contribution is -0.121. The standard InChI is InChI=1S/C18H27BrN2O3/c1-4-24-18(23)21-15(11-13(2)3)12-20-17(22)10-9-14-7-5-6-8-16(14)19/h5-8,13,15H,4,9-12H2,1-3H3,(H,20,22)(H,21,23). The van der Waals surface area contributed by atoms with Gasteiger partial charge in [0.2, 0.25) is 5.91 Å². The molecule has 1 rings (SSSR count). The average molecular weight is 399 g/mol. The monoisotopic (exact) mass is 398 g/mol. The fraction of sp³-hybridized carbons (Fsp3) is 0.556. The van der Waals surface area contributed by atoms with E-state index in [2.05, 4.69) is 40.4 Å². The van der Waals surface area contributed by atoms with Gasteiger partial charge in [0.25, 0.3) is 0 Å². The maximum atomic E-state index is 12.1. The number of hydrogen-bond acceptors (Lipinski definition) is 3. The normalized spacial score (nSPS) is 11.9. The third kappa shape index (κ3) is 8.34. The van der Waals surface area contributed by atoms with E-state index < -0.39 is 6.09 Å². The maximum Gasteiger partial charge on any atom is 0.407 e. The lowest BCUT2D eigenvalue weighted by Crippen LogP contribution is -2.44. The van der Waals surface area contributed by atoms with Crippen molar-refractivity contribution in [3.8, 4) is 0 Å². The summed E-state index contributed by atoms with van der Waals surface area (Å²) in [4.78, 5) is 23.6. The molecule has 134 valence electrons. The number of hydrogen-bond donors (Lipinski definition) is 2. The first-order valence-corrected chi connectivity index (χ1v) is 9.15. The highest BCUT2D eigenvalue weighted by Gasteiger charge is 2.16. The first kappa shape index (κ1) is 20.5. The molecule has 2 N–H and O–H groups in total. The van der Waals surface area contributed by atoms with Crippen LogP contribution in [0.3, 0.4) is 0 Å². The molecule has 1 aromatic rings. The van der Waals surface area contributed by atoms with E-state index in [0.29, 0.717) is 31.9 Å². The Morgan fingerprint density at radius 1 is 1.25 bits per heavy atom. The summed E-state index contributed by atoms with van der Waals surface area (Å²) >= 11 is 3.48. The summed E-state index contributed by atoms with van der Waals surface area (Å²) in [6.07, 6.45) is 1.43. The summed E-state index contributed by atoms with van der Waals surface area (Å²) in [5, 5.41) is 5.70. The average Bonchev–Trinajstić information content (AvgIpc) is 2.51. The minimum atomic E-state index is -0.439. The van der Waals surface area contributed by atoms with Crippen molar-refractivity contribution in [1.29, 1.82) is 0 Å². The van der Waals surface area contributed by atoms with Crippen molar-refractivity contribution in [3.05, 3.63) is 34.3 Å². The van der Waals surface area contributed by atoms with Crippen molar-refractivity contribution in [2.45, 2.75) is 46.1 Å². The molecule has 1 atom stereocenters. The molecule has 0 aliphatic heterocycles. The maximum absolute atomic E-state index is 12.1. The minimum Gasteiger partial charge on any atom is -0.450 e. The topological polar surface area (TPSA) is 67.4 Å². The Morgan fingerprint density at radius 3 is 2.58 bits per heavy atom. The number of benzene rings is 1. The Kier molecular flexibility index (Phi) is 9.45. The van der Waals surface area contributed by atoms with Gasteiger partial charge in [-0.15, -0.1) is 0 Å². The molecule has 1 unspecified atom stereocenters. The van der Waals surface area contributed by atoms with Crippen LogP contribution < -0.4 is 10.6 Å². The van der Waals surface area contributed by atoms with Crippen LogP contribution in [0.1, 0.15) is 39.2 Å². The number of carbonyl (C=O) groups is 2. The lowest BCUT2D eigenvalue weighted by Gasteiger charge is -2.20. The highest BCUT2D eigenvalue weighted by molar-refractivity contribution is 9.10. The molecular weight excluding hydrogens is 372 g/mol. The fourth-order valence-electron chi connectivity index (χ4n) is 2.38. The SMILES string of the molecule is CCOC(=O)NC(CNC(=O)CCc1ccccc1Br)CC(C)C. The van der Waals surface area contributed by atoms with E-state index in [9.17, 15) is 9.59 Å². The van der Waals surface area contributed by atoms with Crippen LogP contribution in [0.5, 0.6) is 0 Å². The minimum absolute atomic E-state index is 0.0230. The van der Waals surface area contributed by atoms with Crippen LogP contribution in [0.15, 0.2) is 28.7 Å². The van der Waals surface area contributed by atoms with E-state index in [0.717, 1.165) is 16.5 Å². The van der Waals surface area contributed by atoms with Crippen LogP contribution in [0, 0.1) is 5.92 Å². The summed E-state index contributed by atoms with van der Waals surface area (Å²) < 4.78 is 5.92. The number of amides is 2. The van der Waals surface area contributed by atoms with Crippen LogP contribution in [0.2, 0.25) is 0 Å². The number of halogens is 1. The summed E-state index contributed by atoms with van der Waals surface area (Å²) in [7, 11) is 0. The molecule has 5 nitrogen and oxygen atoms in total. The van der Waals surface area contributed by atoms with Crippen molar-refractivity contribution >= 4 is 27.9 Å². The van der Waals surface area contributed by atoms with Gasteiger partial charge in [0.05, 0.1) is 6.61 Å². The van der Waals surface area contributed by atoms with Gasteiger partial charge in [0.15, 0.2) is 0 Å². The zero-order chi connectivity index (χ0) is 17.9. The Morgan fingerprint density at radius 2 is 1.96 bits per heavy atom. The quantitative estimate of drug-likeness (QED) is 0.666. The second-order valence-electron chi connectivity index (χ2n) is 6.09. The zero-order valence-corrected chi connectivity index (χ0v) is 16.2. The number of rotatable bonds is 9. The van der Waals surface area contributed by atoms with E-state index in [1.807, 2.05) is 24.3 Å². The number of aryl methyl sites for hydroxylation is 1. The molecule has 2 amide bonds. The second kappa shape index (κ2) is 11.1. The van der Waals surface area contributed by atoms with Crippen molar-refractivity contribution in [2.24, 2.45) is 5.92 Å². The molecule has 0 bridgehead atoms. The predicted octanol–water partition coefficient (Wildman–Crippen LogP) is 3.66. The highest BCUT2D eigenvalue weighted by atomic mass is 79.9. The number of nitrogens with one attached hydrogen (secondary N) is 2. The van der Waals surface area contributed by atoms with E-state index in [-0.39, 0.29) is 11.9 Å². The Hall–Kier alpha value is -1.56. The number of ether oxygens (including phenoxy) is 1. The molecule has 0 spiro atoms. The third-order valence-corrected chi connectivity index (χ3v) is 4.25. The zero-order valence-electron chi connectivity index (χ0n) is 14.6. The van der Waals surface area contributed by atoms with Gasteiger partial charge in [-0.2, -0.15) is 0 Å². The molecule has 0 aliphatic rings. The van der Waals surface area contributed by atoms with Crippen molar-refractivity contribution in [1.82, 2.24) is 10.6 Å². The number of alkyl carbamates (subject to hydrolysis) is 1. The molecule has 0 aromatic heterocycles. The van der Waals surface area contributed by atoms with Crippen LogP contribution in [-0.2, 0) is 16.0 Å². The molecule has 0 heterocycles. The van der Waals surface area contributed by atoms with Gasteiger partial charge < -0.3 is 15.4 Å². The number of carbonyl (C=O) groups excluding carboxylic acids is 2. The smallest absolute Gasteiger partial charge is 0.407 e. The summed E-state index contributed by atoms with van der Waals surface area (Å²) in [5.41, 5.74) is 1.11. The van der Waals surface area contributed by atoms with E-state index >= 15 is 0 Å². The largest absolute Gasteiger partial charge is 0.450 e. The van der Waals surface area contributed by atoms with Gasteiger partial charge in [-0.05, 0) is 37.3 Å². The second-order valence-corrected chi connectivity index (χ2v) is 6.94. The molecule has 24 heavy (non-hydrogen) atoms. The Bertz CT molecular complexity index is 535.